The van der Waals surface area contributed by atoms with Crippen LogP contribution in [0.3, 0.4) is 0 Å². The SMILES string of the molecule is CNC1CCC(CNc2cc(F)c(S(=O)(=O)Nc3nccs3)cc2Cl)CC1. The van der Waals surface area contributed by atoms with Crippen LogP contribution in [0.1, 0.15) is 25.7 Å². The lowest BCUT2D eigenvalue weighted by molar-refractivity contribution is 0.312. The van der Waals surface area contributed by atoms with Gasteiger partial charge in [-0.25, -0.2) is 17.8 Å². The summed E-state index contributed by atoms with van der Waals surface area (Å²) in [6.45, 7) is 0.680. The van der Waals surface area contributed by atoms with Gasteiger partial charge < -0.3 is 10.6 Å². The molecule has 3 rings (SSSR count). The van der Waals surface area contributed by atoms with Gasteiger partial charge in [0.2, 0.25) is 0 Å². The summed E-state index contributed by atoms with van der Waals surface area (Å²) in [5.41, 5.74) is 0.401. The predicted octanol–water partition coefficient (Wildman–Crippen LogP) is 3.93. The van der Waals surface area contributed by atoms with E-state index in [9.17, 15) is 12.8 Å². The highest BCUT2D eigenvalue weighted by atomic mass is 35.5. The molecular formula is C17H22ClFN4O2S2. The molecule has 148 valence electrons. The molecule has 0 bridgehead atoms. The smallest absolute Gasteiger partial charge is 0.266 e. The standard InChI is InChI=1S/C17H22ClFN4O2S2/c1-20-12-4-2-11(3-5-12)10-22-15-9-14(19)16(8-13(15)18)27(24,25)23-17-21-6-7-26-17/h6-9,11-12,20,22H,2-5,10H2,1H3,(H,21,23). The molecule has 0 spiro atoms. The van der Waals surface area contributed by atoms with E-state index in [-0.39, 0.29) is 10.2 Å². The molecule has 1 heterocycles. The number of thiazole rings is 1. The average molecular weight is 433 g/mol. The molecule has 1 aliphatic carbocycles. The van der Waals surface area contributed by atoms with Gasteiger partial charge in [0.1, 0.15) is 10.7 Å². The molecule has 27 heavy (non-hydrogen) atoms. The fourth-order valence-corrected chi connectivity index (χ4v) is 5.39. The van der Waals surface area contributed by atoms with Crippen molar-refractivity contribution in [2.24, 2.45) is 5.92 Å². The van der Waals surface area contributed by atoms with E-state index < -0.39 is 20.7 Å². The van der Waals surface area contributed by atoms with Crippen LogP contribution >= 0.6 is 22.9 Å². The summed E-state index contributed by atoms with van der Waals surface area (Å²) in [6.07, 6.45) is 5.86. The Labute approximate surface area is 167 Å². The summed E-state index contributed by atoms with van der Waals surface area (Å²) in [4.78, 5) is 3.35. The Bertz CT molecular complexity index is 869. The lowest BCUT2D eigenvalue weighted by Gasteiger charge is -2.28. The summed E-state index contributed by atoms with van der Waals surface area (Å²) in [5, 5.41) is 8.42. The van der Waals surface area contributed by atoms with Crippen LogP contribution in [0.15, 0.2) is 28.6 Å². The van der Waals surface area contributed by atoms with Gasteiger partial charge in [-0.05, 0) is 50.8 Å². The molecule has 0 unspecified atom stereocenters. The first-order valence-corrected chi connectivity index (χ1v) is 11.5. The molecule has 2 aromatic rings. The highest BCUT2D eigenvalue weighted by Crippen LogP contribution is 2.31. The maximum absolute atomic E-state index is 14.5. The molecule has 0 aliphatic heterocycles. The highest BCUT2D eigenvalue weighted by Gasteiger charge is 2.23. The van der Waals surface area contributed by atoms with Crippen LogP contribution in [0.2, 0.25) is 5.02 Å². The van der Waals surface area contributed by atoms with Crippen molar-refractivity contribution in [3.63, 3.8) is 0 Å². The third kappa shape index (κ3) is 5.10. The molecule has 0 saturated heterocycles. The molecule has 6 nitrogen and oxygen atoms in total. The van der Waals surface area contributed by atoms with Crippen molar-refractivity contribution in [2.75, 3.05) is 23.6 Å². The molecule has 0 radical (unpaired) electrons. The van der Waals surface area contributed by atoms with E-state index in [1.807, 2.05) is 7.05 Å². The zero-order valence-electron chi connectivity index (χ0n) is 14.8. The quantitative estimate of drug-likeness (QED) is 0.617. The van der Waals surface area contributed by atoms with Crippen molar-refractivity contribution >= 4 is 43.8 Å². The molecule has 1 aromatic carbocycles. The van der Waals surface area contributed by atoms with Gasteiger partial charge in [-0.1, -0.05) is 11.6 Å². The van der Waals surface area contributed by atoms with Gasteiger partial charge in [0.25, 0.3) is 10.0 Å². The van der Waals surface area contributed by atoms with Gasteiger partial charge in [0.05, 0.1) is 10.7 Å². The first-order valence-electron chi connectivity index (χ1n) is 8.71. The summed E-state index contributed by atoms with van der Waals surface area (Å²) in [5.74, 6) is -0.367. The maximum Gasteiger partial charge on any atom is 0.266 e. The van der Waals surface area contributed by atoms with Gasteiger partial charge >= 0.3 is 0 Å². The fourth-order valence-electron chi connectivity index (χ4n) is 3.22. The number of benzene rings is 1. The zero-order chi connectivity index (χ0) is 19.4. The average Bonchev–Trinajstić information content (AvgIpc) is 3.14. The van der Waals surface area contributed by atoms with Crippen LogP contribution in [0.5, 0.6) is 0 Å². The summed E-state index contributed by atoms with van der Waals surface area (Å²) >= 11 is 7.32. The van der Waals surface area contributed by atoms with Crippen LogP contribution in [0, 0.1) is 11.7 Å². The van der Waals surface area contributed by atoms with Gasteiger partial charge in [-0.2, -0.15) is 0 Å². The van der Waals surface area contributed by atoms with Crippen molar-refractivity contribution in [3.05, 3.63) is 34.5 Å². The minimum atomic E-state index is -4.09. The van der Waals surface area contributed by atoms with E-state index in [4.69, 9.17) is 11.6 Å². The zero-order valence-corrected chi connectivity index (χ0v) is 17.2. The summed E-state index contributed by atoms with van der Waals surface area (Å²) < 4.78 is 41.5. The lowest BCUT2D eigenvalue weighted by Crippen LogP contribution is -2.32. The molecular weight excluding hydrogens is 411 g/mol. The van der Waals surface area contributed by atoms with Crippen LogP contribution in [-0.4, -0.2) is 33.0 Å². The van der Waals surface area contributed by atoms with Crippen molar-refractivity contribution in [1.82, 2.24) is 10.3 Å². The first-order chi connectivity index (χ1) is 12.9. The molecule has 1 fully saturated rings. The van der Waals surface area contributed by atoms with Gasteiger partial charge in [-0.3, -0.25) is 4.72 Å². The Kier molecular flexibility index (Phi) is 6.56. The van der Waals surface area contributed by atoms with Crippen LogP contribution in [0.4, 0.5) is 15.2 Å². The Balaban J connectivity index is 1.68. The number of nitrogens with zero attached hydrogens (tertiary/aromatic N) is 1. The molecule has 0 amide bonds. The maximum atomic E-state index is 14.5. The van der Waals surface area contributed by atoms with Crippen molar-refractivity contribution in [3.8, 4) is 0 Å². The van der Waals surface area contributed by atoms with E-state index in [1.165, 1.54) is 6.20 Å². The number of halogens is 2. The van der Waals surface area contributed by atoms with E-state index in [0.717, 1.165) is 49.2 Å². The molecule has 0 atom stereocenters. The van der Waals surface area contributed by atoms with Gasteiger partial charge in [-0.15, -0.1) is 11.3 Å². The van der Waals surface area contributed by atoms with Crippen LogP contribution < -0.4 is 15.4 Å². The van der Waals surface area contributed by atoms with Crippen molar-refractivity contribution in [1.29, 1.82) is 0 Å². The second-order valence-electron chi connectivity index (χ2n) is 6.59. The number of hydrogen-bond donors (Lipinski definition) is 3. The van der Waals surface area contributed by atoms with Crippen molar-refractivity contribution < 1.29 is 12.8 Å². The number of anilines is 2. The number of sulfonamides is 1. The summed E-state index contributed by atoms with van der Waals surface area (Å²) in [7, 11) is -2.12. The second kappa shape index (κ2) is 8.72. The molecule has 3 N–H and O–H groups in total. The van der Waals surface area contributed by atoms with E-state index in [1.54, 1.807) is 5.38 Å². The molecule has 1 aromatic heterocycles. The second-order valence-corrected chi connectivity index (χ2v) is 9.55. The number of aromatic nitrogens is 1. The highest BCUT2D eigenvalue weighted by molar-refractivity contribution is 7.93. The Hall–Kier alpha value is -1.42. The molecule has 10 heteroatoms. The third-order valence-electron chi connectivity index (χ3n) is 4.80. The Morgan fingerprint density at radius 1 is 1.30 bits per heavy atom. The van der Waals surface area contributed by atoms with E-state index in [0.29, 0.717) is 24.2 Å². The molecule has 1 aliphatic rings. The van der Waals surface area contributed by atoms with E-state index >= 15 is 0 Å². The van der Waals surface area contributed by atoms with Crippen LogP contribution in [0.25, 0.3) is 0 Å². The minimum Gasteiger partial charge on any atom is -0.383 e. The number of hydrogen-bond acceptors (Lipinski definition) is 6. The van der Waals surface area contributed by atoms with Gasteiger partial charge in [0, 0.05) is 24.2 Å². The fraction of sp³-hybridized carbons (Fsp3) is 0.471. The monoisotopic (exact) mass is 432 g/mol. The Morgan fingerprint density at radius 3 is 2.67 bits per heavy atom. The largest absolute Gasteiger partial charge is 0.383 e. The normalized spacial score (nSPS) is 20.4. The Morgan fingerprint density at radius 2 is 2.04 bits per heavy atom. The molecule has 1 saturated carbocycles. The van der Waals surface area contributed by atoms with E-state index in [2.05, 4.69) is 20.3 Å². The first kappa shape index (κ1) is 20.3. The lowest BCUT2D eigenvalue weighted by atomic mass is 9.86. The minimum absolute atomic E-state index is 0.167. The number of rotatable bonds is 7. The third-order valence-corrected chi connectivity index (χ3v) is 7.29. The van der Waals surface area contributed by atoms with Gasteiger partial charge in [0.15, 0.2) is 5.13 Å². The summed E-state index contributed by atoms with van der Waals surface area (Å²) in [6, 6.07) is 2.84. The topological polar surface area (TPSA) is 83.1 Å². The van der Waals surface area contributed by atoms with Crippen LogP contribution in [-0.2, 0) is 10.0 Å². The predicted molar refractivity (Wildman–Crippen MR) is 108 cm³/mol. The van der Waals surface area contributed by atoms with Crippen molar-refractivity contribution in [2.45, 2.75) is 36.6 Å². The number of nitrogens with one attached hydrogen (secondary N) is 3.